The first-order chi connectivity index (χ1) is 18.1. The number of amides is 1. The van der Waals surface area contributed by atoms with Gasteiger partial charge in [0.2, 0.25) is 5.88 Å². The Morgan fingerprint density at radius 1 is 1.00 bits per heavy atom. The number of benzene rings is 2. The smallest absolute Gasteiger partial charge is 0.405 e. The van der Waals surface area contributed by atoms with Crippen LogP contribution in [0.4, 0.5) is 4.79 Å². The molecular formula is C29H25N5O3. The molecule has 0 radical (unpaired) electrons. The van der Waals surface area contributed by atoms with E-state index < -0.39 is 11.6 Å². The number of fused-ring (bicyclic) bond motifs is 1. The molecule has 3 aromatic heterocycles. The number of hydrogen-bond donors (Lipinski definition) is 2. The number of aromatic nitrogens is 4. The van der Waals surface area contributed by atoms with Crippen LogP contribution in [-0.4, -0.2) is 37.9 Å². The van der Waals surface area contributed by atoms with Gasteiger partial charge in [0.15, 0.2) is 5.65 Å². The summed E-state index contributed by atoms with van der Waals surface area (Å²) >= 11 is 0. The fourth-order valence-corrected chi connectivity index (χ4v) is 5.06. The van der Waals surface area contributed by atoms with Crippen LogP contribution in [-0.2, 0) is 5.54 Å². The number of hydrogen-bond acceptors (Lipinski definition) is 5. The molecule has 3 heterocycles. The Morgan fingerprint density at radius 3 is 2.38 bits per heavy atom. The van der Waals surface area contributed by atoms with Crippen LogP contribution in [0.1, 0.15) is 24.8 Å². The van der Waals surface area contributed by atoms with Crippen molar-refractivity contribution in [3.05, 3.63) is 90.8 Å². The molecule has 6 rings (SSSR count). The zero-order valence-electron chi connectivity index (χ0n) is 20.3. The van der Waals surface area contributed by atoms with Crippen molar-refractivity contribution >= 4 is 11.7 Å². The van der Waals surface area contributed by atoms with E-state index in [0.29, 0.717) is 11.5 Å². The Hall–Kier alpha value is -4.72. The van der Waals surface area contributed by atoms with Gasteiger partial charge in [-0.3, -0.25) is 4.98 Å². The molecule has 8 heteroatoms. The normalized spacial score (nSPS) is 14.2. The summed E-state index contributed by atoms with van der Waals surface area (Å²) in [6.45, 7) is 0. The summed E-state index contributed by atoms with van der Waals surface area (Å²) in [5, 5.41) is 16.9. The van der Waals surface area contributed by atoms with Crippen molar-refractivity contribution in [2.75, 3.05) is 7.11 Å². The quantitative estimate of drug-likeness (QED) is 0.312. The van der Waals surface area contributed by atoms with Crippen molar-refractivity contribution in [1.82, 2.24) is 24.9 Å². The topological polar surface area (TPSA) is 102 Å². The Bertz CT molecular complexity index is 1580. The van der Waals surface area contributed by atoms with Crippen molar-refractivity contribution in [1.29, 1.82) is 0 Å². The molecule has 184 valence electrons. The molecule has 0 atom stereocenters. The molecule has 0 saturated heterocycles. The summed E-state index contributed by atoms with van der Waals surface area (Å²) in [6, 6.07) is 23.8. The first-order valence-corrected chi connectivity index (χ1v) is 12.1. The lowest BCUT2D eigenvalue weighted by Crippen LogP contribution is -2.50. The van der Waals surface area contributed by atoms with E-state index in [4.69, 9.17) is 14.8 Å². The molecule has 1 aliphatic carbocycles. The average Bonchev–Trinajstić information content (AvgIpc) is 3.30. The molecule has 1 fully saturated rings. The molecule has 0 unspecified atom stereocenters. The van der Waals surface area contributed by atoms with Crippen LogP contribution in [0.3, 0.4) is 0 Å². The Labute approximate surface area is 213 Å². The van der Waals surface area contributed by atoms with Crippen LogP contribution in [0.5, 0.6) is 5.88 Å². The number of methoxy groups -OCH3 is 1. The molecule has 5 aromatic rings. The fourth-order valence-electron chi connectivity index (χ4n) is 5.06. The molecule has 37 heavy (non-hydrogen) atoms. The molecular weight excluding hydrogens is 466 g/mol. The summed E-state index contributed by atoms with van der Waals surface area (Å²) in [6.07, 6.45) is 5.12. The molecule has 0 spiro atoms. The van der Waals surface area contributed by atoms with Crippen LogP contribution < -0.4 is 10.1 Å². The first kappa shape index (κ1) is 22.7. The molecule has 2 aromatic carbocycles. The summed E-state index contributed by atoms with van der Waals surface area (Å²) in [4.78, 5) is 20.8. The highest BCUT2D eigenvalue weighted by Crippen LogP contribution is 2.42. The van der Waals surface area contributed by atoms with Gasteiger partial charge in [-0.2, -0.15) is 0 Å². The van der Waals surface area contributed by atoms with Crippen LogP contribution in [0.25, 0.3) is 39.3 Å². The maximum atomic E-state index is 11.4. The minimum atomic E-state index is -1.00. The predicted molar refractivity (Wildman–Crippen MR) is 140 cm³/mol. The van der Waals surface area contributed by atoms with Gasteiger partial charge >= 0.3 is 6.09 Å². The van der Waals surface area contributed by atoms with Crippen LogP contribution in [0.15, 0.2) is 85.2 Å². The first-order valence-electron chi connectivity index (χ1n) is 12.1. The number of nitrogens with zero attached hydrogens (tertiary/aromatic N) is 4. The Kier molecular flexibility index (Phi) is 5.56. The summed E-state index contributed by atoms with van der Waals surface area (Å²) in [5.41, 5.74) is 6.40. The maximum Gasteiger partial charge on any atom is 0.405 e. The second-order valence-corrected chi connectivity index (χ2v) is 9.20. The highest BCUT2D eigenvalue weighted by Gasteiger charge is 2.40. The second-order valence-electron chi connectivity index (χ2n) is 9.20. The van der Waals surface area contributed by atoms with Crippen molar-refractivity contribution < 1.29 is 14.6 Å². The van der Waals surface area contributed by atoms with E-state index >= 15 is 0 Å². The van der Waals surface area contributed by atoms with Gasteiger partial charge < -0.3 is 15.2 Å². The summed E-state index contributed by atoms with van der Waals surface area (Å²) in [5.74, 6) is 0.467. The molecule has 2 N–H and O–H groups in total. The lowest BCUT2D eigenvalue weighted by Gasteiger charge is -2.42. The van der Waals surface area contributed by atoms with E-state index in [2.05, 4.69) is 10.3 Å². The zero-order chi connectivity index (χ0) is 25.4. The van der Waals surface area contributed by atoms with Gasteiger partial charge in [0.25, 0.3) is 0 Å². The number of carbonyl (C=O) groups is 1. The Balaban J connectivity index is 1.56. The van der Waals surface area contributed by atoms with Gasteiger partial charge in [0.05, 0.1) is 18.3 Å². The van der Waals surface area contributed by atoms with E-state index in [1.807, 2.05) is 77.3 Å². The average molecular weight is 492 g/mol. The van der Waals surface area contributed by atoms with Gasteiger partial charge in [0, 0.05) is 40.7 Å². The standard InChI is InChI=1S/C29H25N5O3/c1-37-24-17-23(21-9-5-16-30-18-21)27-31-25(26(34(27)33-24)20-7-3-2-4-8-20)19-10-12-22(13-11-19)29(14-6-15-29)32-28(35)36/h2-5,7-13,16-18,32H,6,14-15H2,1H3,(H,35,36). The van der Waals surface area contributed by atoms with E-state index in [1.165, 1.54) is 0 Å². The third-order valence-electron chi connectivity index (χ3n) is 7.05. The number of imidazole rings is 1. The zero-order valence-corrected chi connectivity index (χ0v) is 20.3. The van der Waals surface area contributed by atoms with Gasteiger partial charge in [0.1, 0.15) is 5.69 Å². The molecule has 1 aliphatic rings. The predicted octanol–water partition coefficient (Wildman–Crippen LogP) is 5.78. The second kappa shape index (κ2) is 9.05. The summed E-state index contributed by atoms with van der Waals surface area (Å²) < 4.78 is 7.39. The number of pyridine rings is 1. The lowest BCUT2D eigenvalue weighted by atomic mass is 9.72. The van der Waals surface area contributed by atoms with Gasteiger partial charge in [-0.25, -0.2) is 14.3 Å². The monoisotopic (exact) mass is 491 g/mol. The maximum absolute atomic E-state index is 11.4. The third-order valence-corrected chi connectivity index (χ3v) is 7.05. The highest BCUT2D eigenvalue weighted by molar-refractivity contribution is 5.87. The highest BCUT2D eigenvalue weighted by atomic mass is 16.5. The van der Waals surface area contributed by atoms with Crippen molar-refractivity contribution in [3.8, 4) is 39.5 Å². The minimum absolute atomic E-state index is 0.467. The van der Waals surface area contributed by atoms with Crippen LogP contribution in [0, 0.1) is 0 Å². The number of ether oxygens (including phenoxy) is 1. The number of rotatable bonds is 6. The van der Waals surface area contributed by atoms with E-state index in [9.17, 15) is 9.90 Å². The molecule has 0 aliphatic heterocycles. The molecule has 0 bridgehead atoms. The number of nitrogens with one attached hydrogen (secondary N) is 1. The molecule has 8 nitrogen and oxygen atoms in total. The molecule has 1 saturated carbocycles. The SMILES string of the molecule is COc1cc(-c2cccnc2)c2nc(-c3ccc(C4(NC(=O)O)CCC4)cc3)c(-c3ccccc3)n2n1. The van der Waals surface area contributed by atoms with Crippen LogP contribution >= 0.6 is 0 Å². The molecule has 1 amide bonds. The van der Waals surface area contributed by atoms with Crippen molar-refractivity contribution in [2.24, 2.45) is 0 Å². The minimum Gasteiger partial charge on any atom is -0.480 e. The van der Waals surface area contributed by atoms with Crippen molar-refractivity contribution in [3.63, 3.8) is 0 Å². The van der Waals surface area contributed by atoms with Crippen molar-refractivity contribution in [2.45, 2.75) is 24.8 Å². The summed E-state index contributed by atoms with van der Waals surface area (Å²) in [7, 11) is 1.60. The van der Waals surface area contributed by atoms with Crippen LogP contribution in [0.2, 0.25) is 0 Å². The van der Waals surface area contributed by atoms with E-state index in [0.717, 1.165) is 58.5 Å². The fraction of sp³-hybridized carbons (Fsp3) is 0.172. The van der Waals surface area contributed by atoms with E-state index in [1.54, 1.807) is 19.5 Å². The van der Waals surface area contributed by atoms with Gasteiger partial charge in [-0.1, -0.05) is 60.7 Å². The third kappa shape index (κ3) is 3.96. The largest absolute Gasteiger partial charge is 0.480 e. The number of carboxylic acid groups (broad SMARTS) is 1. The van der Waals surface area contributed by atoms with Gasteiger partial charge in [-0.15, -0.1) is 5.10 Å². The lowest BCUT2D eigenvalue weighted by molar-refractivity contribution is 0.144. The Morgan fingerprint density at radius 2 is 1.76 bits per heavy atom. The van der Waals surface area contributed by atoms with Gasteiger partial charge in [-0.05, 0) is 30.9 Å². The van der Waals surface area contributed by atoms with E-state index in [-0.39, 0.29) is 0 Å².